The summed E-state index contributed by atoms with van der Waals surface area (Å²) in [6, 6.07) is 7.89. The maximum absolute atomic E-state index is 8.89. The third-order valence-electron chi connectivity index (χ3n) is 2.04. The van der Waals surface area contributed by atoms with Crippen LogP contribution >= 0.6 is 11.3 Å². The van der Waals surface area contributed by atoms with Gasteiger partial charge in [-0.2, -0.15) is 0 Å². The van der Waals surface area contributed by atoms with Crippen LogP contribution in [0.1, 0.15) is 10.6 Å². The molecule has 0 aliphatic carbocycles. The normalized spacial score (nSPS) is 10.4. The van der Waals surface area contributed by atoms with Crippen LogP contribution in [0.3, 0.4) is 0 Å². The van der Waals surface area contributed by atoms with E-state index in [0.717, 1.165) is 16.1 Å². The number of aliphatic hydroxyl groups is 1. The molecule has 0 fully saturated rings. The molecule has 2 rings (SSSR count). The van der Waals surface area contributed by atoms with Crippen molar-refractivity contribution in [2.45, 2.75) is 13.5 Å². The van der Waals surface area contributed by atoms with Gasteiger partial charge in [0.05, 0.1) is 16.5 Å². The van der Waals surface area contributed by atoms with Crippen LogP contribution in [0.25, 0.3) is 10.4 Å². The standard InChI is InChI=1S/C11H11NOS/c1-8-12-6-11(14-8)10-4-2-9(7-13)3-5-10/h2-6,13H,7H2,1H3. The number of aliphatic hydroxyl groups excluding tert-OH is 1. The van der Waals surface area contributed by atoms with E-state index >= 15 is 0 Å². The van der Waals surface area contributed by atoms with Gasteiger partial charge in [-0.1, -0.05) is 24.3 Å². The highest BCUT2D eigenvalue weighted by Crippen LogP contribution is 2.25. The Morgan fingerprint density at radius 2 is 2.00 bits per heavy atom. The van der Waals surface area contributed by atoms with Crippen LogP contribution in [0, 0.1) is 6.92 Å². The summed E-state index contributed by atoms with van der Waals surface area (Å²) < 4.78 is 0. The first kappa shape index (κ1) is 9.37. The molecule has 1 aromatic carbocycles. The Morgan fingerprint density at radius 1 is 1.29 bits per heavy atom. The van der Waals surface area contributed by atoms with Gasteiger partial charge in [0.2, 0.25) is 0 Å². The van der Waals surface area contributed by atoms with E-state index in [1.165, 1.54) is 4.88 Å². The molecule has 0 saturated heterocycles. The lowest BCUT2D eigenvalue weighted by Crippen LogP contribution is -1.81. The van der Waals surface area contributed by atoms with E-state index in [1.807, 2.05) is 37.4 Å². The van der Waals surface area contributed by atoms with Crippen molar-refractivity contribution in [3.8, 4) is 10.4 Å². The van der Waals surface area contributed by atoms with Crippen molar-refractivity contribution in [2.24, 2.45) is 0 Å². The summed E-state index contributed by atoms with van der Waals surface area (Å²) in [4.78, 5) is 5.38. The third kappa shape index (κ3) is 1.84. The van der Waals surface area contributed by atoms with Crippen molar-refractivity contribution in [3.05, 3.63) is 41.0 Å². The van der Waals surface area contributed by atoms with Gasteiger partial charge >= 0.3 is 0 Å². The summed E-state index contributed by atoms with van der Waals surface area (Å²) in [5.74, 6) is 0. The molecule has 1 N–H and O–H groups in total. The Balaban J connectivity index is 2.33. The minimum atomic E-state index is 0.0992. The highest BCUT2D eigenvalue weighted by molar-refractivity contribution is 7.15. The van der Waals surface area contributed by atoms with Gasteiger partial charge in [0.15, 0.2) is 0 Å². The number of aryl methyl sites for hydroxylation is 1. The quantitative estimate of drug-likeness (QED) is 0.817. The summed E-state index contributed by atoms with van der Waals surface area (Å²) in [5.41, 5.74) is 2.10. The highest BCUT2D eigenvalue weighted by atomic mass is 32.1. The van der Waals surface area contributed by atoms with Crippen LogP contribution in [0.5, 0.6) is 0 Å². The van der Waals surface area contributed by atoms with Gasteiger partial charge in [0.25, 0.3) is 0 Å². The van der Waals surface area contributed by atoms with Crippen LogP contribution < -0.4 is 0 Å². The molecule has 14 heavy (non-hydrogen) atoms. The molecule has 0 unspecified atom stereocenters. The number of thiazole rings is 1. The molecule has 0 radical (unpaired) electrons. The second-order valence-corrected chi connectivity index (χ2v) is 4.33. The van der Waals surface area contributed by atoms with Gasteiger partial charge in [0.1, 0.15) is 0 Å². The number of benzene rings is 1. The predicted octanol–water partition coefficient (Wildman–Crippen LogP) is 2.61. The molecule has 1 aromatic heterocycles. The molecule has 0 saturated carbocycles. The monoisotopic (exact) mass is 205 g/mol. The Labute approximate surface area is 86.9 Å². The van der Waals surface area contributed by atoms with E-state index in [-0.39, 0.29) is 6.61 Å². The van der Waals surface area contributed by atoms with Gasteiger partial charge in [-0.05, 0) is 18.1 Å². The van der Waals surface area contributed by atoms with Crippen molar-refractivity contribution in [1.29, 1.82) is 0 Å². The summed E-state index contributed by atoms with van der Waals surface area (Å²) in [6.07, 6.45) is 1.88. The molecule has 0 aliphatic rings. The van der Waals surface area contributed by atoms with E-state index in [2.05, 4.69) is 4.98 Å². The van der Waals surface area contributed by atoms with Gasteiger partial charge < -0.3 is 5.11 Å². The number of hydrogen-bond acceptors (Lipinski definition) is 3. The van der Waals surface area contributed by atoms with E-state index in [0.29, 0.717) is 0 Å². The largest absolute Gasteiger partial charge is 0.392 e. The summed E-state index contributed by atoms with van der Waals surface area (Å²) in [6.45, 7) is 2.10. The second kappa shape index (κ2) is 3.90. The average molecular weight is 205 g/mol. The van der Waals surface area contributed by atoms with Crippen molar-refractivity contribution in [1.82, 2.24) is 4.98 Å². The molecule has 2 aromatic rings. The zero-order valence-corrected chi connectivity index (χ0v) is 8.71. The Hall–Kier alpha value is -1.19. The average Bonchev–Trinajstić information content (AvgIpc) is 2.65. The topological polar surface area (TPSA) is 33.1 Å². The second-order valence-electron chi connectivity index (χ2n) is 3.10. The number of aromatic nitrogens is 1. The summed E-state index contributed by atoms with van der Waals surface area (Å²) >= 11 is 1.68. The molecule has 0 aliphatic heterocycles. The van der Waals surface area contributed by atoms with Crippen molar-refractivity contribution >= 4 is 11.3 Å². The molecular formula is C11H11NOS. The Kier molecular flexibility index (Phi) is 2.61. The van der Waals surface area contributed by atoms with Gasteiger partial charge in [-0.15, -0.1) is 11.3 Å². The third-order valence-corrected chi connectivity index (χ3v) is 3.00. The van der Waals surface area contributed by atoms with Crippen molar-refractivity contribution in [3.63, 3.8) is 0 Å². The molecule has 3 heteroatoms. The Morgan fingerprint density at radius 3 is 2.50 bits per heavy atom. The number of nitrogens with zero attached hydrogens (tertiary/aromatic N) is 1. The SMILES string of the molecule is Cc1ncc(-c2ccc(CO)cc2)s1. The Bertz CT molecular complexity index is 419. The fraction of sp³-hybridized carbons (Fsp3) is 0.182. The van der Waals surface area contributed by atoms with E-state index in [1.54, 1.807) is 11.3 Å². The minimum absolute atomic E-state index is 0.0992. The zero-order chi connectivity index (χ0) is 9.97. The smallest absolute Gasteiger partial charge is 0.0900 e. The lowest BCUT2D eigenvalue weighted by Gasteiger charge is -1.98. The zero-order valence-electron chi connectivity index (χ0n) is 7.90. The maximum atomic E-state index is 8.89. The minimum Gasteiger partial charge on any atom is -0.392 e. The molecule has 0 atom stereocenters. The van der Waals surface area contributed by atoms with Gasteiger partial charge in [-0.25, -0.2) is 4.98 Å². The van der Waals surface area contributed by atoms with Crippen LogP contribution in [0.15, 0.2) is 30.5 Å². The fourth-order valence-corrected chi connectivity index (χ4v) is 2.05. The lowest BCUT2D eigenvalue weighted by molar-refractivity contribution is 0.282. The van der Waals surface area contributed by atoms with Crippen molar-refractivity contribution < 1.29 is 5.11 Å². The molecule has 1 heterocycles. The molecule has 0 amide bonds. The lowest BCUT2D eigenvalue weighted by atomic mass is 10.1. The molecule has 72 valence electrons. The molecule has 0 bridgehead atoms. The highest BCUT2D eigenvalue weighted by Gasteiger charge is 2.00. The first-order valence-electron chi connectivity index (χ1n) is 4.42. The molecule has 2 nitrogen and oxygen atoms in total. The first-order valence-corrected chi connectivity index (χ1v) is 5.24. The fourth-order valence-electron chi connectivity index (χ4n) is 1.27. The number of hydrogen-bond donors (Lipinski definition) is 1. The maximum Gasteiger partial charge on any atom is 0.0900 e. The van der Waals surface area contributed by atoms with E-state index < -0.39 is 0 Å². The predicted molar refractivity (Wildman–Crippen MR) is 58.2 cm³/mol. The van der Waals surface area contributed by atoms with Crippen LogP contribution in [0.4, 0.5) is 0 Å². The van der Waals surface area contributed by atoms with Gasteiger partial charge in [-0.3, -0.25) is 0 Å². The first-order chi connectivity index (χ1) is 6.79. The van der Waals surface area contributed by atoms with Crippen molar-refractivity contribution in [2.75, 3.05) is 0 Å². The van der Waals surface area contributed by atoms with Gasteiger partial charge in [0, 0.05) is 6.20 Å². The van der Waals surface area contributed by atoms with Crippen LogP contribution in [0.2, 0.25) is 0 Å². The van der Waals surface area contributed by atoms with E-state index in [9.17, 15) is 0 Å². The molecule has 0 spiro atoms. The van der Waals surface area contributed by atoms with Crippen LogP contribution in [-0.2, 0) is 6.61 Å². The summed E-state index contributed by atoms with van der Waals surface area (Å²) in [7, 11) is 0. The molecular weight excluding hydrogens is 194 g/mol. The van der Waals surface area contributed by atoms with E-state index in [4.69, 9.17) is 5.11 Å². The number of rotatable bonds is 2. The van der Waals surface area contributed by atoms with Crippen LogP contribution in [-0.4, -0.2) is 10.1 Å². The summed E-state index contributed by atoms with van der Waals surface area (Å²) in [5, 5.41) is 9.97.